The van der Waals surface area contributed by atoms with Gasteiger partial charge in [-0.3, -0.25) is 9.69 Å². The molecule has 0 bridgehead atoms. The van der Waals surface area contributed by atoms with Crippen molar-refractivity contribution in [1.82, 2.24) is 10.2 Å². The van der Waals surface area contributed by atoms with Gasteiger partial charge in [-0.1, -0.05) is 48.9 Å². The van der Waals surface area contributed by atoms with Gasteiger partial charge in [0.1, 0.15) is 5.82 Å². The van der Waals surface area contributed by atoms with E-state index in [1.807, 2.05) is 30.3 Å². The maximum Gasteiger partial charge on any atom is 0.256 e. The molecular formula is C33H42FN3O2. The minimum atomic E-state index is -0.285. The van der Waals surface area contributed by atoms with E-state index >= 15 is 0 Å². The number of ether oxygens (including phenoxy) is 1. The molecule has 2 aliphatic heterocycles. The van der Waals surface area contributed by atoms with Crippen LogP contribution in [0.4, 0.5) is 10.1 Å². The second-order valence-corrected chi connectivity index (χ2v) is 10.3. The molecule has 2 heterocycles. The van der Waals surface area contributed by atoms with Crippen molar-refractivity contribution < 1.29 is 13.9 Å². The van der Waals surface area contributed by atoms with Crippen LogP contribution in [0.15, 0.2) is 73.0 Å². The number of halogens is 1. The number of rotatable bonds is 9. The van der Waals surface area contributed by atoms with Crippen LogP contribution in [0.2, 0.25) is 0 Å². The lowest BCUT2D eigenvalue weighted by molar-refractivity contribution is -0.110. The number of hydrogen-bond donors (Lipinski definition) is 2. The summed E-state index contributed by atoms with van der Waals surface area (Å²) in [6.07, 6.45) is 9.01. The third-order valence-corrected chi connectivity index (χ3v) is 7.99. The van der Waals surface area contributed by atoms with Crippen molar-refractivity contribution in [3.05, 3.63) is 84.3 Å². The predicted octanol–water partition coefficient (Wildman–Crippen LogP) is 6.80. The van der Waals surface area contributed by atoms with E-state index in [0.29, 0.717) is 17.7 Å². The summed E-state index contributed by atoms with van der Waals surface area (Å²) in [7, 11) is 0. The fourth-order valence-electron chi connectivity index (χ4n) is 5.97. The van der Waals surface area contributed by atoms with Crippen molar-refractivity contribution in [2.75, 3.05) is 44.7 Å². The summed E-state index contributed by atoms with van der Waals surface area (Å²) in [6, 6.07) is 12.4. The average Bonchev–Trinajstić information content (AvgIpc) is 3.30. The fourth-order valence-corrected chi connectivity index (χ4v) is 5.97. The summed E-state index contributed by atoms with van der Waals surface area (Å²) in [6.45, 7) is 13.9. The molecule has 2 aromatic rings. The molecule has 0 saturated carbocycles. The van der Waals surface area contributed by atoms with Gasteiger partial charge in [0.15, 0.2) is 0 Å². The van der Waals surface area contributed by atoms with Gasteiger partial charge in [0.05, 0.1) is 13.2 Å². The Labute approximate surface area is 232 Å². The van der Waals surface area contributed by atoms with Crippen molar-refractivity contribution >= 4 is 17.2 Å². The van der Waals surface area contributed by atoms with E-state index in [4.69, 9.17) is 4.74 Å². The SMILES string of the molecule is C=C.CCC1=C(NC/C=C2\C(=O)Nc3cccc(-c4ccccc4F)c32)CCC(CCCN2CCOCC2)C1. The molecule has 39 heavy (non-hydrogen) atoms. The largest absolute Gasteiger partial charge is 0.385 e. The number of fused-ring (bicyclic) bond motifs is 1. The first-order valence-corrected chi connectivity index (χ1v) is 14.3. The standard InChI is InChI=1S/C31H38FN3O2.C2H4/c1-2-23-21-22(7-6-16-35-17-19-37-20-18-35)12-13-28(23)33-15-14-26-30-25(24-8-3-4-10-27(24)32)9-5-11-29(30)34-31(26)36;1-2/h3-5,8-11,14,22,33H,2,6-7,12-13,15-21H2,1H3,(H,34,36);1-2H2/b26-14-;. The van der Waals surface area contributed by atoms with Gasteiger partial charge in [-0.2, -0.15) is 0 Å². The molecule has 6 heteroatoms. The Morgan fingerprint density at radius 3 is 2.67 bits per heavy atom. The van der Waals surface area contributed by atoms with Crippen LogP contribution in [0.5, 0.6) is 0 Å². The quantitative estimate of drug-likeness (QED) is 0.276. The van der Waals surface area contributed by atoms with Crippen molar-refractivity contribution in [3.8, 4) is 11.1 Å². The maximum atomic E-state index is 14.6. The Morgan fingerprint density at radius 2 is 1.90 bits per heavy atom. The molecule has 0 radical (unpaired) electrons. The molecule has 5 rings (SSSR count). The fraction of sp³-hybridized carbons (Fsp3) is 0.424. The zero-order valence-electron chi connectivity index (χ0n) is 23.2. The first-order chi connectivity index (χ1) is 19.1. The van der Waals surface area contributed by atoms with Crippen LogP contribution in [0.25, 0.3) is 16.7 Å². The molecule has 208 valence electrons. The van der Waals surface area contributed by atoms with Crippen LogP contribution in [-0.2, 0) is 9.53 Å². The normalized spacial score (nSPS) is 20.3. The number of hydrogen-bond acceptors (Lipinski definition) is 4. The molecule has 5 nitrogen and oxygen atoms in total. The molecule has 3 aliphatic rings. The number of carbonyl (C=O) groups excluding carboxylic acids is 1. The zero-order chi connectivity index (χ0) is 27.6. The van der Waals surface area contributed by atoms with E-state index in [9.17, 15) is 9.18 Å². The molecule has 1 atom stereocenters. The monoisotopic (exact) mass is 531 g/mol. The lowest BCUT2D eigenvalue weighted by atomic mass is 9.83. The molecule has 1 unspecified atom stereocenters. The summed E-state index contributed by atoms with van der Waals surface area (Å²) in [4.78, 5) is 15.4. The van der Waals surface area contributed by atoms with Gasteiger partial charge in [0.25, 0.3) is 5.91 Å². The average molecular weight is 532 g/mol. The highest BCUT2D eigenvalue weighted by atomic mass is 19.1. The number of anilines is 1. The Morgan fingerprint density at radius 1 is 1.13 bits per heavy atom. The summed E-state index contributed by atoms with van der Waals surface area (Å²) in [5, 5.41) is 6.58. The topological polar surface area (TPSA) is 53.6 Å². The van der Waals surface area contributed by atoms with Crippen molar-refractivity contribution in [3.63, 3.8) is 0 Å². The van der Waals surface area contributed by atoms with Crippen LogP contribution >= 0.6 is 0 Å². The van der Waals surface area contributed by atoms with Gasteiger partial charge in [-0.05, 0) is 68.7 Å². The Hall–Kier alpha value is -3.22. The minimum Gasteiger partial charge on any atom is -0.385 e. The third-order valence-electron chi connectivity index (χ3n) is 7.99. The van der Waals surface area contributed by atoms with Gasteiger partial charge in [-0.15, -0.1) is 13.2 Å². The summed E-state index contributed by atoms with van der Waals surface area (Å²) in [5.74, 6) is 0.345. The number of benzene rings is 2. The van der Waals surface area contributed by atoms with Gasteiger partial charge < -0.3 is 15.4 Å². The van der Waals surface area contributed by atoms with E-state index < -0.39 is 0 Å². The lowest BCUT2D eigenvalue weighted by Gasteiger charge is -2.30. The van der Waals surface area contributed by atoms with E-state index in [2.05, 4.69) is 35.6 Å². The molecule has 2 aromatic carbocycles. The number of nitrogens with one attached hydrogen (secondary N) is 2. The number of amides is 1. The highest BCUT2D eigenvalue weighted by molar-refractivity contribution is 6.33. The zero-order valence-corrected chi connectivity index (χ0v) is 23.2. The van der Waals surface area contributed by atoms with Crippen LogP contribution < -0.4 is 10.6 Å². The first kappa shape index (κ1) is 28.8. The third kappa shape index (κ3) is 7.06. The summed E-state index contributed by atoms with van der Waals surface area (Å²) >= 11 is 0. The molecule has 1 saturated heterocycles. The Bertz CT molecular complexity index is 1200. The van der Waals surface area contributed by atoms with Crippen molar-refractivity contribution in [1.29, 1.82) is 0 Å². The second-order valence-electron chi connectivity index (χ2n) is 10.3. The van der Waals surface area contributed by atoms with E-state index in [-0.39, 0.29) is 11.7 Å². The molecule has 0 spiro atoms. The summed E-state index contributed by atoms with van der Waals surface area (Å²) < 4.78 is 20.1. The number of allylic oxidation sites excluding steroid dienone is 2. The van der Waals surface area contributed by atoms with Gasteiger partial charge in [0.2, 0.25) is 0 Å². The van der Waals surface area contributed by atoms with E-state index in [1.54, 1.807) is 12.1 Å². The van der Waals surface area contributed by atoms with Crippen LogP contribution in [0.1, 0.15) is 51.0 Å². The minimum absolute atomic E-state index is 0.130. The molecule has 2 N–H and O–H groups in total. The maximum absolute atomic E-state index is 14.6. The number of nitrogens with zero attached hydrogens (tertiary/aromatic N) is 1. The van der Waals surface area contributed by atoms with Crippen LogP contribution in [0, 0.1) is 11.7 Å². The molecule has 0 aromatic heterocycles. The molecule has 1 amide bonds. The molecule has 1 aliphatic carbocycles. The smallest absolute Gasteiger partial charge is 0.256 e. The first-order valence-electron chi connectivity index (χ1n) is 14.3. The second kappa shape index (κ2) is 14.2. The summed E-state index contributed by atoms with van der Waals surface area (Å²) in [5.41, 5.74) is 6.24. The lowest BCUT2D eigenvalue weighted by Crippen LogP contribution is -2.37. The van der Waals surface area contributed by atoms with E-state index in [0.717, 1.165) is 61.9 Å². The van der Waals surface area contributed by atoms with Gasteiger partial charge in [-0.25, -0.2) is 4.39 Å². The van der Waals surface area contributed by atoms with Crippen molar-refractivity contribution in [2.24, 2.45) is 5.92 Å². The number of carbonyl (C=O) groups is 1. The Kier molecular flexibility index (Phi) is 10.5. The van der Waals surface area contributed by atoms with Gasteiger partial charge >= 0.3 is 0 Å². The van der Waals surface area contributed by atoms with Crippen LogP contribution in [-0.4, -0.2) is 50.2 Å². The van der Waals surface area contributed by atoms with Crippen LogP contribution in [0.3, 0.4) is 0 Å². The van der Waals surface area contributed by atoms with E-state index in [1.165, 1.54) is 49.6 Å². The Balaban J connectivity index is 0.00000172. The highest BCUT2D eigenvalue weighted by Gasteiger charge is 2.28. The van der Waals surface area contributed by atoms with Crippen molar-refractivity contribution in [2.45, 2.75) is 45.4 Å². The predicted molar refractivity (Wildman–Crippen MR) is 159 cm³/mol. The molecule has 1 fully saturated rings. The molecular weight excluding hydrogens is 489 g/mol. The number of morpholine rings is 1. The highest BCUT2D eigenvalue weighted by Crippen LogP contribution is 2.40. The van der Waals surface area contributed by atoms with Gasteiger partial charge in [0, 0.05) is 47.7 Å².